The van der Waals surface area contributed by atoms with E-state index in [0.717, 1.165) is 16.9 Å². The number of nitrogens with zero attached hydrogens (tertiary/aromatic N) is 2. The summed E-state index contributed by atoms with van der Waals surface area (Å²) in [6, 6.07) is 9.05. The predicted octanol–water partition coefficient (Wildman–Crippen LogP) is 2.32. The minimum Gasteiger partial charge on any atom is -0.491 e. The van der Waals surface area contributed by atoms with E-state index in [2.05, 4.69) is 10.3 Å². The number of rotatable bonds is 3. The molecule has 6 nitrogen and oxygen atoms in total. The number of hydrogen-bond donors (Lipinski definition) is 1. The van der Waals surface area contributed by atoms with Crippen molar-refractivity contribution in [1.82, 2.24) is 4.98 Å². The Kier molecular flexibility index (Phi) is 4.46. The number of fused-ring (bicyclic) bond motifs is 1. The average molecular weight is 325 g/mol. The second kappa shape index (κ2) is 6.70. The Balaban J connectivity index is 1.75. The van der Waals surface area contributed by atoms with Gasteiger partial charge in [0, 0.05) is 24.6 Å². The van der Waals surface area contributed by atoms with Crippen molar-refractivity contribution in [1.29, 1.82) is 0 Å². The zero-order valence-corrected chi connectivity index (χ0v) is 13.7. The first-order valence-electron chi connectivity index (χ1n) is 7.78. The van der Waals surface area contributed by atoms with E-state index in [4.69, 9.17) is 4.74 Å². The van der Waals surface area contributed by atoms with Crippen molar-refractivity contribution in [3.63, 3.8) is 0 Å². The molecule has 1 N–H and O–H groups in total. The van der Waals surface area contributed by atoms with Gasteiger partial charge in [0.25, 0.3) is 0 Å². The zero-order valence-electron chi connectivity index (χ0n) is 13.7. The monoisotopic (exact) mass is 325 g/mol. The fraction of sp³-hybridized carbons (Fsp3) is 0.278. The standard InChI is InChI=1S/C18H19N3O3/c1-12-9-14(5-7-19-12)20-17(22)11-13-3-4-16-15(10-13)21(2)18(23)6-8-24-16/h3-5,7,9-10H,6,8,11H2,1-2H3,(H,19,20,22). The molecule has 0 saturated heterocycles. The van der Waals surface area contributed by atoms with Crippen LogP contribution in [0.5, 0.6) is 5.75 Å². The topological polar surface area (TPSA) is 71.5 Å². The van der Waals surface area contributed by atoms with Crippen LogP contribution < -0.4 is 15.0 Å². The smallest absolute Gasteiger partial charge is 0.230 e. The Morgan fingerprint density at radius 2 is 2.17 bits per heavy atom. The maximum Gasteiger partial charge on any atom is 0.230 e. The molecule has 0 unspecified atom stereocenters. The maximum absolute atomic E-state index is 12.2. The van der Waals surface area contributed by atoms with Crippen molar-refractivity contribution in [2.75, 3.05) is 23.9 Å². The minimum atomic E-state index is -0.121. The number of ether oxygens (including phenoxy) is 1. The van der Waals surface area contributed by atoms with Gasteiger partial charge in [0.15, 0.2) is 0 Å². The van der Waals surface area contributed by atoms with Gasteiger partial charge in [0.1, 0.15) is 5.75 Å². The highest BCUT2D eigenvalue weighted by atomic mass is 16.5. The van der Waals surface area contributed by atoms with Gasteiger partial charge in [-0.1, -0.05) is 6.07 Å². The van der Waals surface area contributed by atoms with Crippen LogP contribution in [0.3, 0.4) is 0 Å². The highest BCUT2D eigenvalue weighted by Gasteiger charge is 2.20. The lowest BCUT2D eigenvalue weighted by Crippen LogP contribution is -2.25. The Bertz CT molecular complexity index is 789. The summed E-state index contributed by atoms with van der Waals surface area (Å²) in [4.78, 5) is 29.9. The van der Waals surface area contributed by atoms with Gasteiger partial charge >= 0.3 is 0 Å². The number of carbonyl (C=O) groups excluding carboxylic acids is 2. The van der Waals surface area contributed by atoms with Crippen LogP contribution in [-0.4, -0.2) is 30.5 Å². The van der Waals surface area contributed by atoms with Gasteiger partial charge in [-0.3, -0.25) is 14.6 Å². The van der Waals surface area contributed by atoms with Gasteiger partial charge in [-0.15, -0.1) is 0 Å². The van der Waals surface area contributed by atoms with E-state index in [1.807, 2.05) is 31.2 Å². The molecule has 0 saturated carbocycles. The molecular weight excluding hydrogens is 306 g/mol. The molecule has 24 heavy (non-hydrogen) atoms. The highest BCUT2D eigenvalue weighted by molar-refractivity contribution is 5.96. The minimum absolute atomic E-state index is 0.00242. The molecule has 2 heterocycles. The van der Waals surface area contributed by atoms with E-state index in [0.29, 0.717) is 24.5 Å². The SMILES string of the molecule is Cc1cc(NC(=O)Cc2ccc3c(c2)N(C)C(=O)CCO3)ccn1. The van der Waals surface area contributed by atoms with Crippen LogP contribution in [0.4, 0.5) is 11.4 Å². The van der Waals surface area contributed by atoms with Crippen LogP contribution >= 0.6 is 0 Å². The number of amides is 2. The van der Waals surface area contributed by atoms with Crippen molar-refractivity contribution >= 4 is 23.2 Å². The van der Waals surface area contributed by atoms with E-state index >= 15 is 0 Å². The number of carbonyl (C=O) groups is 2. The Morgan fingerprint density at radius 3 is 2.96 bits per heavy atom. The number of aromatic nitrogens is 1. The van der Waals surface area contributed by atoms with E-state index in [1.165, 1.54) is 0 Å². The fourth-order valence-corrected chi connectivity index (χ4v) is 2.62. The third kappa shape index (κ3) is 3.53. The molecule has 1 aliphatic heterocycles. The average Bonchev–Trinajstić information content (AvgIpc) is 2.67. The highest BCUT2D eigenvalue weighted by Crippen LogP contribution is 2.31. The molecule has 2 amide bonds. The van der Waals surface area contributed by atoms with Crippen molar-refractivity contribution < 1.29 is 14.3 Å². The summed E-state index contributed by atoms with van der Waals surface area (Å²) in [7, 11) is 1.72. The molecule has 0 bridgehead atoms. The summed E-state index contributed by atoms with van der Waals surface area (Å²) in [5, 5.41) is 2.85. The zero-order chi connectivity index (χ0) is 17.1. The van der Waals surface area contributed by atoms with Crippen LogP contribution in [0.15, 0.2) is 36.5 Å². The second-order valence-electron chi connectivity index (χ2n) is 5.76. The molecule has 2 aromatic rings. The fourth-order valence-electron chi connectivity index (χ4n) is 2.62. The summed E-state index contributed by atoms with van der Waals surface area (Å²) in [6.07, 6.45) is 2.23. The van der Waals surface area contributed by atoms with Gasteiger partial charge in [0.2, 0.25) is 11.8 Å². The van der Waals surface area contributed by atoms with Gasteiger partial charge < -0.3 is 15.0 Å². The summed E-state index contributed by atoms with van der Waals surface area (Å²) in [6.45, 7) is 2.24. The number of aryl methyl sites for hydroxylation is 1. The van der Waals surface area contributed by atoms with E-state index in [1.54, 1.807) is 24.2 Å². The lowest BCUT2D eigenvalue weighted by atomic mass is 10.1. The van der Waals surface area contributed by atoms with Gasteiger partial charge in [0.05, 0.1) is 25.1 Å². The van der Waals surface area contributed by atoms with Gasteiger partial charge in [-0.2, -0.15) is 0 Å². The summed E-state index contributed by atoms with van der Waals surface area (Å²) < 4.78 is 5.59. The Hall–Kier alpha value is -2.89. The summed E-state index contributed by atoms with van der Waals surface area (Å²) in [5.41, 5.74) is 3.08. The molecule has 1 aliphatic rings. The quantitative estimate of drug-likeness (QED) is 0.940. The van der Waals surface area contributed by atoms with E-state index in [9.17, 15) is 9.59 Å². The van der Waals surface area contributed by atoms with Crippen LogP contribution in [-0.2, 0) is 16.0 Å². The van der Waals surface area contributed by atoms with Crippen molar-refractivity contribution in [2.45, 2.75) is 19.8 Å². The number of anilines is 2. The van der Waals surface area contributed by atoms with Crippen LogP contribution in [0, 0.1) is 6.92 Å². The van der Waals surface area contributed by atoms with Crippen LogP contribution in [0.25, 0.3) is 0 Å². The predicted molar refractivity (Wildman–Crippen MR) is 91.3 cm³/mol. The lowest BCUT2D eigenvalue weighted by molar-refractivity contribution is -0.118. The Labute approximate surface area is 140 Å². The molecule has 0 fully saturated rings. The first-order chi connectivity index (χ1) is 11.5. The second-order valence-corrected chi connectivity index (χ2v) is 5.76. The Morgan fingerprint density at radius 1 is 1.33 bits per heavy atom. The lowest BCUT2D eigenvalue weighted by Gasteiger charge is -2.17. The summed E-state index contributed by atoms with van der Waals surface area (Å²) in [5.74, 6) is 0.545. The third-order valence-electron chi connectivity index (χ3n) is 3.88. The number of hydrogen-bond acceptors (Lipinski definition) is 4. The van der Waals surface area contributed by atoms with E-state index < -0.39 is 0 Å². The largest absolute Gasteiger partial charge is 0.491 e. The molecule has 124 valence electrons. The molecule has 0 spiro atoms. The molecule has 0 atom stereocenters. The first-order valence-corrected chi connectivity index (χ1v) is 7.78. The molecule has 1 aromatic heterocycles. The molecule has 0 radical (unpaired) electrons. The number of pyridine rings is 1. The van der Waals surface area contributed by atoms with Crippen molar-refractivity contribution in [3.05, 3.63) is 47.8 Å². The molecule has 0 aliphatic carbocycles. The maximum atomic E-state index is 12.2. The normalized spacial score (nSPS) is 13.8. The number of benzene rings is 1. The van der Waals surface area contributed by atoms with Crippen molar-refractivity contribution in [3.8, 4) is 5.75 Å². The van der Waals surface area contributed by atoms with E-state index in [-0.39, 0.29) is 18.2 Å². The van der Waals surface area contributed by atoms with Crippen molar-refractivity contribution in [2.24, 2.45) is 0 Å². The first kappa shape index (κ1) is 16.0. The van der Waals surface area contributed by atoms with Crippen LogP contribution in [0.1, 0.15) is 17.7 Å². The van der Waals surface area contributed by atoms with Crippen LogP contribution in [0.2, 0.25) is 0 Å². The third-order valence-corrected chi connectivity index (χ3v) is 3.88. The summed E-state index contributed by atoms with van der Waals surface area (Å²) >= 11 is 0. The molecule has 1 aromatic carbocycles. The molecule has 6 heteroatoms. The molecule has 3 rings (SSSR count). The van der Waals surface area contributed by atoms with Gasteiger partial charge in [-0.25, -0.2) is 0 Å². The molecular formula is C18H19N3O3. The van der Waals surface area contributed by atoms with Gasteiger partial charge in [-0.05, 0) is 36.8 Å². The number of nitrogens with one attached hydrogen (secondary N) is 1.